The molecule has 214 valence electrons. The summed E-state index contributed by atoms with van der Waals surface area (Å²) in [5.74, 6) is -0.822. The lowest BCUT2D eigenvalue weighted by Gasteiger charge is -2.34. The zero-order valence-electron chi connectivity index (χ0n) is 23.9. The fourth-order valence-electron chi connectivity index (χ4n) is 4.57. The molecule has 0 saturated heterocycles. The molecule has 3 rings (SSSR count). The standard InChI is InChI=1S/C31H38ClN3O4S/c1-7-29(31(37)33-21(2)3)34(19-25-10-8-9-11-28(25)32)30(36)20-35(26-17-23(5)16-24(6)18-26)40(38,39)27-14-12-22(4)13-15-27/h8-18,21,29H,7,19-20H2,1-6H3,(H,33,37)/t29-/m0/s1. The van der Waals surface area contributed by atoms with Gasteiger partial charge in [-0.05, 0) is 88.1 Å². The maximum Gasteiger partial charge on any atom is 0.264 e. The van der Waals surface area contributed by atoms with Crippen molar-refractivity contribution in [3.05, 3.63) is 94.0 Å². The maximum absolute atomic E-state index is 14.1. The SMILES string of the molecule is CC[C@@H](C(=O)NC(C)C)N(Cc1ccccc1Cl)C(=O)CN(c1cc(C)cc(C)c1)S(=O)(=O)c1ccc(C)cc1. The van der Waals surface area contributed by atoms with Crippen LogP contribution in [0.3, 0.4) is 0 Å². The van der Waals surface area contributed by atoms with E-state index in [-0.39, 0.29) is 23.4 Å². The molecule has 3 aromatic rings. The minimum absolute atomic E-state index is 0.0494. The summed E-state index contributed by atoms with van der Waals surface area (Å²) in [6, 6.07) is 18.1. The molecule has 0 heterocycles. The first kappa shape index (κ1) is 31.2. The van der Waals surface area contributed by atoms with Gasteiger partial charge in [0.2, 0.25) is 11.8 Å². The van der Waals surface area contributed by atoms with Crippen molar-refractivity contribution in [3.8, 4) is 0 Å². The summed E-state index contributed by atoms with van der Waals surface area (Å²) in [4.78, 5) is 28.9. The summed E-state index contributed by atoms with van der Waals surface area (Å²) in [5, 5.41) is 3.35. The Kier molecular flexibility index (Phi) is 10.4. The van der Waals surface area contributed by atoms with E-state index in [1.165, 1.54) is 17.0 Å². The second kappa shape index (κ2) is 13.3. The molecule has 0 spiro atoms. The summed E-state index contributed by atoms with van der Waals surface area (Å²) < 4.78 is 29.2. The van der Waals surface area contributed by atoms with Gasteiger partial charge in [0.1, 0.15) is 12.6 Å². The van der Waals surface area contributed by atoms with Crippen molar-refractivity contribution in [2.75, 3.05) is 10.8 Å². The van der Waals surface area contributed by atoms with Gasteiger partial charge >= 0.3 is 0 Å². The third-order valence-electron chi connectivity index (χ3n) is 6.50. The lowest BCUT2D eigenvalue weighted by molar-refractivity contribution is -0.140. The number of hydrogen-bond acceptors (Lipinski definition) is 4. The monoisotopic (exact) mass is 583 g/mol. The van der Waals surface area contributed by atoms with E-state index in [0.29, 0.717) is 22.7 Å². The van der Waals surface area contributed by atoms with E-state index in [9.17, 15) is 18.0 Å². The molecule has 0 unspecified atom stereocenters. The van der Waals surface area contributed by atoms with Crippen LogP contribution in [0.4, 0.5) is 5.69 Å². The highest BCUT2D eigenvalue weighted by molar-refractivity contribution is 7.92. The van der Waals surface area contributed by atoms with Crippen LogP contribution in [-0.2, 0) is 26.2 Å². The highest BCUT2D eigenvalue weighted by atomic mass is 35.5. The van der Waals surface area contributed by atoms with Gasteiger partial charge in [-0.25, -0.2) is 8.42 Å². The number of rotatable bonds is 11. The molecule has 9 heteroatoms. The van der Waals surface area contributed by atoms with Gasteiger partial charge in [0.05, 0.1) is 10.6 Å². The van der Waals surface area contributed by atoms with Crippen LogP contribution in [-0.4, -0.2) is 43.8 Å². The van der Waals surface area contributed by atoms with Gasteiger partial charge in [0, 0.05) is 17.6 Å². The molecule has 0 aliphatic carbocycles. The number of amides is 2. The first-order valence-electron chi connectivity index (χ1n) is 13.3. The van der Waals surface area contributed by atoms with Crippen LogP contribution in [0.1, 0.15) is 49.4 Å². The van der Waals surface area contributed by atoms with Gasteiger partial charge < -0.3 is 10.2 Å². The Bertz CT molecular complexity index is 1440. The minimum Gasteiger partial charge on any atom is -0.352 e. The summed E-state index contributed by atoms with van der Waals surface area (Å²) in [5.41, 5.74) is 3.68. The Morgan fingerprint density at radius 1 is 0.900 bits per heavy atom. The Morgan fingerprint density at radius 2 is 1.50 bits per heavy atom. The third-order valence-corrected chi connectivity index (χ3v) is 8.65. The van der Waals surface area contributed by atoms with Crippen LogP contribution in [0.5, 0.6) is 0 Å². The smallest absolute Gasteiger partial charge is 0.264 e. The quantitative estimate of drug-likeness (QED) is 0.309. The molecule has 1 N–H and O–H groups in total. The highest BCUT2D eigenvalue weighted by Crippen LogP contribution is 2.27. The molecule has 0 fully saturated rings. The van der Waals surface area contributed by atoms with Crippen LogP contribution >= 0.6 is 11.6 Å². The highest BCUT2D eigenvalue weighted by Gasteiger charge is 2.34. The molecule has 0 aliphatic heterocycles. The van der Waals surface area contributed by atoms with Crippen LogP contribution in [0, 0.1) is 20.8 Å². The number of carbonyl (C=O) groups is 2. The van der Waals surface area contributed by atoms with Crippen molar-refractivity contribution < 1.29 is 18.0 Å². The molecule has 2 amide bonds. The van der Waals surface area contributed by atoms with E-state index < -0.39 is 28.5 Å². The number of nitrogens with zero attached hydrogens (tertiary/aromatic N) is 2. The van der Waals surface area contributed by atoms with Gasteiger partial charge in [0.25, 0.3) is 10.0 Å². The zero-order chi connectivity index (χ0) is 29.6. The second-order valence-electron chi connectivity index (χ2n) is 10.4. The first-order valence-corrected chi connectivity index (χ1v) is 15.2. The lowest BCUT2D eigenvalue weighted by atomic mass is 10.1. The minimum atomic E-state index is -4.13. The van der Waals surface area contributed by atoms with Gasteiger partial charge in [-0.2, -0.15) is 0 Å². The predicted molar refractivity (Wildman–Crippen MR) is 161 cm³/mol. The number of anilines is 1. The fourth-order valence-corrected chi connectivity index (χ4v) is 6.16. The van der Waals surface area contributed by atoms with Gasteiger partial charge in [-0.3, -0.25) is 13.9 Å². The molecular formula is C31H38ClN3O4S. The van der Waals surface area contributed by atoms with E-state index in [0.717, 1.165) is 21.0 Å². The average molecular weight is 584 g/mol. The molecule has 0 aliphatic rings. The predicted octanol–water partition coefficient (Wildman–Crippen LogP) is 5.79. The van der Waals surface area contributed by atoms with E-state index in [4.69, 9.17) is 11.6 Å². The average Bonchev–Trinajstić information content (AvgIpc) is 2.87. The molecule has 0 saturated carbocycles. The first-order chi connectivity index (χ1) is 18.8. The molecule has 0 aromatic heterocycles. The lowest BCUT2D eigenvalue weighted by Crippen LogP contribution is -2.53. The summed E-state index contributed by atoms with van der Waals surface area (Å²) in [7, 11) is -4.13. The fraction of sp³-hybridized carbons (Fsp3) is 0.355. The van der Waals surface area contributed by atoms with Gasteiger partial charge in [-0.15, -0.1) is 0 Å². The van der Waals surface area contributed by atoms with Crippen molar-refractivity contribution in [1.29, 1.82) is 0 Å². The van der Waals surface area contributed by atoms with E-state index in [1.807, 2.05) is 53.7 Å². The van der Waals surface area contributed by atoms with Crippen molar-refractivity contribution >= 4 is 39.1 Å². The van der Waals surface area contributed by atoms with Crippen molar-refractivity contribution in [1.82, 2.24) is 10.2 Å². The number of halogens is 1. The Hall–Kier alpha value is -3.36. The topological polar surface area (TPSA) is 86.8 Å². The molecular weight excluding hydrogens is 546 g/mol. The van der Waals surface area contributed by atoms with Crippen LogP contribution in [0.2, 0.25) is 5.02 Å². The van der Waals surface area contributed by atoms with E-state index in [2.05, 4.69) is 5.32 Å². The molecule has 0 radical (unpaired) electrons. The molecule has 0 bridgehead atoms. The van der Waals surface area contributed by atoms with Crippen molar-refractivity contribution in [2.45, 2.75) is 71.5 Å². The molecule has 40 heavy (non-hydrogen) atoms. The third kappa shape index (κ3) is 7.64. The number of carbonyl (C=O) groups excluding carboxylic acids is 2. The summed E-state index contributed by atoms with van der Waals surface area (Å²) in [6.07, 6.45) is 0.336. The van der Waals surface area contributed by atoms with Crippen LogP contribution < -0.4 is 9.62 Å². The van der Waals surface area contributed by atoms with Crippen LogP contribution in [0.25, 0.3) is 0 Å². The van der Waals surface area contributed by atoms with Crippen molar-refractivity contribution in [2.24, 2.45) is 0 Å². The van der Waals surface area contributed by atoms with Crippen LogP contribution in [0.15, 0.2) is 71.6 Å². The zero-order valence-corrected chi connectivity index (χ0v) is 25.5. The number of hydrogen-bond donors (Lipinski definition) is 1. The Morgan fingerprint density at radius 3 is 2.05 bits per heavy atom. The number of aryl methyl sites for hydroxylation is 3. The van der Waals surface area contributed by atoms with Gasteiger partial charge in [0.15, 0.2) is 0 Å². The largest absolute Gasteiger partial charge is 0.352 e. The number of nitrogens with one attached hydrogen (secondary N) is 1. The van der Waals surface area contributed by atoms with Crippen molar-refractivity contribution in [3.63, 3.8) is 0 Å². The molecule has 7 nitrogen and oxygen atoms in total. The Balaban J connectivity index is 2.11. The number of sulfonamides is 1. The number of benzene rings is 3. The Labute approximate surface area is 243 Å². The maximum atomic E-state index is 14.1. The van der Waals surface area contributed by atoms with Gasteiger partial charge in [-0.1, -0.05) is 60.5 Å². The normalized spacial score (nSPS) is 12.2. The van der Waals surface area contributed by atoms with E-state index >= 15 is 0 Å². The van der Waals surface area contributed by atoms with E-state index in [1.54, 1.807) is 42.5 Å². The summed E-state index contributed by atoms with van der Waals surface area (Å²) >= 11 is 6.44. The molecule has 3 aromatic carbocycles. The molecule has 1 atom stereocenters. The summed E-state index contributed by atoms with van der Waals surface area (Å²) in [6.45, 7) is 10.7. The second-order valence-corrected chi connectivity index (χ2v) is 12.6.